The second-order valence-electron chi connectivity index (χ2n) is 8.28. The smallest absolute Gasteiger partial charge is 0.310 e. The number of carbonyl (C=O) groups is 4. The van der Waals surface area contributed by atoms with Gasteiger partial charge in [0.15, 0.2) is 11.9 Å². The first-order valence-corrected chi connectivity index (χ1v) is 8.35. The fraction of sp³-hybridized carbons (Fsp3) is 0.778. The van der Waals surface area contributed by atoms with E-state index in [2.05, 4.69) is 0 Å². The summed E-state index contributed by atoms with van der Waals surface area (Å²) >= 11 is 0. The van der Waals surface area contributed by atoms with Gasteiger partial charge in [-0.25, -0.2) is 0 Å². The third kappa shape index (κ3) is 6.84. The number of hydrogen-bond donors (Lipinski definition) is 0. The second kappa shape index (κ2) is 7.54. The Labute approximate surface area is 148 Å². The van der Waals surface area contributed by atoms with Gasteiger partial charge in [0.25, 0.3) is 0 Å². The van der Waals surface area contributed by atoms with E-state index < -0.39 is 52.8 Å². The lowest BCUT2D eigenvalue weighted by molar-refractivity contribution is -0.180. The van der Waals surface area contributed by atoms with Gasteiger partial charge in [0.05, 0.1) is 11.8 Å². The minimum atomic E-state index is -1.05. The first kappa shape index (κ1) is 21.1. The molecule has 1 saturated carbocycles. The van der Waals surface area contributed by atoms with Crippen LogP contribution in [-0.2, 0) is 33.4 Å². The van der Waals surface area contributed by atoms with Crippen LogP contribution < -0.4 is 0 Å². The Morgan fingerprint density at radius 2 is 1.32 bits per heavy atom. The molecular weight excluding hydrogens is 328 g/mol. The summed E-state index contributed by atoms with van der Waals surface area (Å²) in [7, 11) is 0. The first-order chi connectivity index (χ1) is 11.2. The molecule has 0 N–H and O–H groups in total. The number of Topliss-reactive ketones (excluding diaryl/α,β-unsaturated/α-hetero) is 1. The number of ether oxygens (including phenoxy) is 3. The molecule has 7 nitrogen and oxygen atoms in total. The Bertz CT molecular complexity index is 551. The second-order valence-corrected chi connectivity index (χ2v) is 8.28. The van der Waals surface area contributed by atoms with Crippen molar-refractivity contribution >= 4 is 23.7 Å². The summed E-state index contributed by atoms with van der Waals surface area (Å²) in [6.07, 6.45) is -1.36. The average molecular weight is 356 g/mol. The Balaban J connectivity index is 3.06. The van der Waals surface area contributed by atoms with Gasteiger partial charge in [0, 0.05) is 19.8 Å². The zero-order valence-electron chi connectivity index (χ0n) is 16.0. The summed E-state index contributed by atoms with van der Waals surface area (Å²) in [5.74, 6) is -4.10. The summed E-state index contributed by atoms with van der Waals surface area (Å²) in [6, 6.07) is 0. The van der Waals surface area contributed by atoms with Gasteiger partial charge in [-0.3, -0.25) is 19.2 Å². The molecule has 1 rings (SSSR count). The van der Waals surface area contributed by atoms with E-state index in [1.54, 1.807) is 41.5 Å². The molecule has 0 aliphatic heterocycles. The molecule has 0 aromatic heterocycles. The van der Waals surface area contributed by atoms with Crippen LogP contribution in [0.15, 0.2) is 0 Å². The highest BCUT2D eigenvalue weighted by molar-refractivity contribution is 5.94. The minimum Gasteiger partial charge on any atom is -0.460 e. The van der Waals surface area contributed by atoms with E-state index in [1.807, 2.05) is 0 Å². The molecule has 1 aliphatic rings. The minimum absolute atomic E-state index is 0.0861. The number of ketones is 1. The highest BCUT2D eigenvalue weighted by Gasteiger charge is 2.47. The molecule has 0 bridgehead atoms. The maximum Gasteiger partial charge on any atom is 0.310 e. The van der Waals surface area contributed by atoms with Crippen molar-refractivity contribution in [2.24, 2.45) is 11.8 Å². The van der Waals surface area contributed by atoms with Gasteiger partial charge < -0.3 is 14.2 Å². The van der Waals surface area contributed by atoms with Gasteiger partial charge in [0.2, 0.25) is 0 Å². The molecule has 3 atom stereocenters. The number of esters is 3. The van der Waals surface area contributed by atoms with Crippen LogP contribution in [0.1, 0.15) is 61.3 Å². The molecule has 1 aliphatic carbocycles. The maximum atomic E-state index is 12.6. The highest BCUT2D eigenvalue weighted by Crippen LogP contribution is 2.34. The van der Waals surface area contributed by atoms with Crippen LogP contribution in [0.2, 0.25) is 0 Å². The maximum absolute atomic E-state index is 12.6. The van der Waals surface area contributed by atoms with Gasteiger partial charge in [0.1, 0.15) is 11.2 Å². The zero-order valence-corrected chi connectivity index (χ0v) is 16.0. The third-order valence-corrected chi connectivity index (χ3v) is 3.46. The lowest BCUT2D eigenvalue weighted by atomic mass is 9.77. The van der Waals surface area contributed by atoms with Crippen molar-refractivity contribution in [1.29, 1.82) is 0 Å². The van der Waals surface area contributed by atoms with Gasteiger partial charge in [-0.2, -0.15) is 0 Å². The largest absolute Gasteiger partial charge is 0.460 e. The van der Waals surface area contributed by atoms with Crippen molar-refractivity contribution in [1.82, 2.24) is 0 Å². The van der Waals surface area contributed by atoms with Crippen LogP contribution in [0.25, 0.3) is 0 Å². The van der Waals surface area contributed by atoms with E-state index in [1.165, 1.54) is 6.92 Å². The van der Waals surface area contributed by atoms with Gasteiger partial charge in [-0.05, 0) is 41.5 Å². The van der Waals surface area contributed by atoms with Crippen molar-refractivity contribution in [3.8, 4) is 0 Å². The van der Waals surface area contributed by atoms with E-state index in [4.69, 9.17) is 14.2 Å². The molecule has 0 aromatic carbocycles. The van der Waals surface area contributed by atoms with E-state index >= 15 is 0 Å². The molecule has 0 spiro atoms. The van der Waals surface area contributed by atoms with Crippen molar-refractivity contribution in [2.75, 3.05) is 0 Å². The van der Waals surface area contributed by atoms with Crippen LogP contribution in [0, 0.1) is 11.8 Å². The number of carbonyl (C=O) groups excluding carboxylic acids is 4. The Hall–Kier alpha value is -1.92. The Morgan fingerprint density at radius 3 is 1.72 bits per heavy atom. The molecule has 0 heterocycles. The van der Waals surface area contributed by atoms with Crippen molar-refractivity contribution in [3.63, 3.8) is 0 Å². The monoisotopic (exact) mass is 356 g/mol. The van der Waals surface area contributed by atoms with E-state index in [0.29, 0.717) is 0 Å². The topological polar surface area (TPSA) is 96.0 Å². The van der Waals surface area contributed by atoms with Crippen molar-refractivity contribution in [3.05, 3.63) is 0 Å². The van der Waals surface area contributed by atoms with Crippen LogP contribution in [-0.4, -0.2) is 41.0 Å². The van der Waals surface area contributed by atoms with E-state index in [9.17, 15) is 19.2 Å². The van der Waals surface area contributed by atoms with Crippen LogP contribution in [0.5, 0.6) is 0 Å². The number of rotatable bonds is 3. The molecular formula is C18H28O7. The van der Waals surface area contributed by atoms with Gasteiger partial charge in [-0.15, -0.1) is 0 Å². The van der Waals surface area contributed by atoms with Crippen molar-refractivity contribution < 1.29 is 33.4 Å². The van der Waals surface area contributed by atoms with Crippen LogP contribution in [0.3, 0.4) is 0 Å². The summed E-state index contributed by atoms with van der Waals surface area (Å²) in [5.41, 5.74) is -1.49. The SMILES string of the molecule is CC(=O)O[C@@H]1C[C@H](C(=O)OC(C)(C)C)[C@@H](C(=O)OC(C)(C)C)CC1=O. The van der Waals surface area contributed by atoms with Crippen molar-refractivity contribution in [2.45, 2.75) is 78.6 Å². The highest BCUT2D eigenvalue weighted by atomic mass is 16.6. The third-order valence-electron chi connectivity index (χ3n) is 3.46. The molecule has 0 aromatic rings. The van der Waals surface area contributed by atoms with E-state index in [0.717, 1.165) is 0 Å². The fourth-order valence-electron chi connectivity index (χ4n) is 2.59. The molecule has 0 amide bonds. The predicted octanol–water partition coefficient (Wildman–Crippen LogP) is 2.20. The lowest BCUT2D eigenvalue weighted by Crippen LogP contribution is -2.47. The summed E-state index contributed by atoms with van der Waals surface area (Å²) in [6.45, 7) is 11.5. The standard InChI is InChI=1S/C18H28O7/c1-10(19)23-14-9-12(16(22)25-18(5,6)7)11(8-13(14)20)15(21)24-17(2,3)4/h11-12,14H,8-9H2,1-7H3/t11-,12-,14+/m0/s1. The molecule has 142 valence electrons. The molecule has 7 heteroatoms. The molecule has 0 unspecified atom stereocenters. The lowest BCUT2D eigenvalue weighted by Gasteiger charge is -2.35. The molecule has 0 radical (unpaired) electrons. The Morgan fingerprint density at radius 1 is 0.880 bits per heavy atom. The normalized spacial score (nSPS) is 24.4. The molecule has 1 fully saturated rings. The number of hydrogen-bond acceptors (Lipinski definition) is 7. The van der Waals surface area contributed by atoms with Gasteiger partial charge >= 0.3 is 17.9 Å². The fourth-order valence-corrected chi connectivity index (χ4v) is 2.59. The summed E-state index contributed by atoms with van der Waals surface area (Å²) in [5, 5.41) is 0. The Kier molecular flexibility index (Phi) is 6.37. The van der Waals surface area contributed by atoms with Gasteiger partial charge in [-0.1, -0.05) is 0 Å². The van der Waals surface area contributed by atoms with Crippen LogP contribution >= 0.6 is 0 Å². The van der Waals surface area contributed by atoms with E-state index in [-0.39, 0.29) is 12.8 Å². The first-order valence-electron chi connectivity index (χ1n) is 8.35. The quantitative estimate of drug-likeness (QED) is 0.565. The molecule has 25 heavy (non-hydrogen) atoms. The summed E-state index contributed by atoms with van der Waals surface area (Å²) < 4.78 is 15.7. The summed E-state index contributed by atoms with van der Waals surface area (Å²) in [4.78, 5) is 48.4. The van der Waals surface area contributed by atoms with Crippen LogP contribution in [0.4, 0.5) is 0 Å². The zero-order chi connectivity index (χ0) is 19.6. The average Bonchev–Trinajstić information content (AvgIpc) is 2.35. The predicted molar refractivity (Wildman–Crippen MR) is 88.5 cm³/mol. The molecule has 0 saturated heterocycles.